The van der Waals surface area contributed by atoms with Crippen molar-refractivity contribution in [1.82, 2.24) is 0 Å². The minimum absolute atomic E-state index is 0.0263. The Morgan fingerprint density at radius 3 is 2.58 bits per heavy atom. The largest absolute Gasteiger partial charge is 0.409 e. The zero-order valence-corrected chi connectivity index (χ0v) is 11.8. The number of nitrogens with zero attached hydrogens (tertiary/aromatic N) is 2. The topological polar surface area (TPSA) is 102 Å². The summed E-state index contributed by atoms with van der Waals surface area (Å²) in [7, 11) is 0. The average molecular weight is 283 g/mol. The summed E-state index contributed by atoms with van der Waals surface area (Å²) in [4.78, 5) is 11.2. The smallest absolute Gasteiger partial charge is 0.283 e. The molecule has 6 nitrogen and oxygen atoms in total. The highest BCUT2D eigenvalue weighted by molar-refractivity contribution is 8.00. The number of oxime groups is 1. The summed E-state index contributed by atoms with van der Waals surface area (Å²) in [5, 5.41) is 22.8. The summed E-state index contributed by atoms with van der Waals surface area (Å²) in [6.45, 7) is 6.15. The molecular formula is C12H17N3O3S. The molecule has 0 heterocycles. The van der Waals surface area contributed by atoms with Crippen molar-refractivity contribution in [3.63, 3.8) is 0 Å². The number of amidine groups is 1. The maximum absolute atomic E-state index is 11.1. The van der Waals surface area contributed by atoms with Gasteiger partial charge in [0.2, 0.25) is 0 Å². The molecule has 0 aromatic heterocycles. The van der Waals surface area contributed by atoms with Crippen LogP contribution in [-0.2, 0) is 0 Å². The molecule has 0 spiro atoms. The first-order chi connectivity index (χ1) is 8.86. The first-order valence-corrected chi connectivity index (χ1v) is 6.67. The Morgan fingerprint density at radius 1 is 1.47 bits per heavy atom. The van der Waals surface area contributed by atoms with Gasteiger partial charge in [0.25, 0.3) is 5.69 Å². The molecule has 0 aliphatic heterocycles. The highest BCUT2D eigenvalue weighted by atomic mass is 32.2. The van der Waals surface area contributed by atoms with E-state index in [1.54, 1.807) is 12.1 Å². The zero-order valence-electron chi connectivity index (χ0n) is 11.0. The molecule has 0 bridgehead atoms. The van der Waals surface area contributed by atoms with Crippen LogP contribution in [-0.4, -0.2) is 21.2 Å². The third kappa shape index (κ3) is 3.85. The van der Waals surface area contributed by atoms with Crippen LogP contribution in [0.3, 0.4) is 0 Å². The standard InChI is InChI=1S/C12H17N3O3S/c1-7(2)8(3)19-11-5-4-9(12(13)14-16)6-10(11)15(17)18/h4-8,16H,1-3H3,(H2,13,14). The third-order valence-corrected chi connectivity index (χ3v) is 4.33. The van der Waals surface area contributed by atoms with Crippen molar-refractivity contribution < 1.29 is 10.1 Å². The van der Waals surface area contributed by atoms with Gasteiger partial charge in [-0.25, -0.2) is 0 Å². The first-order valence-electron chi connectivity index (χ1n) is 5.79. The van der Waals surface area contributed by atoms with E-state index in [1.165, 1.54) is 17.8 Å². The number of thioether (sulfide) groups is 1. The monoisotopic (exact) mass is 283 g/mol. The quantitative estimate of drug-likeness (QED) is 0.216. The number of nitro groups is 1. The Labute approximate surface area is 115 Å². The number of benzene rings is 1. The van der Waals surface area contributed by atoms with E-state index in [4.69, 9.17) is 10.9 Å². The summed E-state index contributed by atoms with van der Waals surface area (Å²) >= 11 is 1.45. The van der Waals surface area contributed by atoms with Crippen molar-refractivity contribution in [2.45, 2.75) is 30.9 Å². The van der Waals surface area contributed by atoms with E-state index < -0.39 is 4.92 Å². The number of hydrogen-bond acceptors (Lipinski definition) is 5. The number of hydrogen-bond donors (Lipinski definition) is 2. The van der Waals surface area contributed by atoms with Crippen LogP contribution in [0.5, 0.6) is 0 Å². The third-order valence-electron chi connectivity index (χ3n) is 2.81. The van der Waals surface area contributed by atoms with Crippen LogP contribution in [0.4, 0.5) is 5.69 Å². The fourth-order valence-electron chi connectivity index (χ4n) is 1.31. The van der Waals surface area contributed by atoms with Gasteiger partial charge in [-0.15, -0.1) is 11.8 Å². The van der Waals surface area contributed by atoms with E-state index in [-0.39, 0.29) is 16.8 Å². The molecule has 0 amide bonds. The molecule has 0 radical (unpaired) electrons. The van der Waals surface area contributed by atoms with Crippen molar-refractivity contribution in [1.29, 1.82) is 0 Å². The van der Waals surface area contributed by atoms with Gasteiger partial charge < -0.3 is 10.9 Å². The molecule has 0 saturated heterocycles. The lowest BCUT2D eigenvalue weighted by Crippen LogP contribution is -2.13. The van der Waals surface area contributed by atoms with E-state index in [0.717, 1.165) is 0 Å². The molecule has 0 fully saturated rings. The maximum atomic E-state index is 11.1. The summed E-state index contributed by atoms with van der Waals surface area (Å²) in [5.41, 5.74) is 5.74. The van der Waals surface area contributed by atoms with Crippen LogP contribution >= 0.6 is 11.8 Å². The normalized spacial score (nSPS) is 13.6. The molecule has 1 aromatic rings. The molecule has 3 N–H and O–H groups in total. The molecule has 1 rings (SSSR count). The second-order valence-electron chi connectivity index (χ2n) is 4.49. The van der Waals surface area contributed by atoms with Crippen LogP contribution in [0, 0.1) is 16.0 Å². The SMILES string of the molecule is CC(C)C(C)Sc1ccc(/C(N)=N/O)cc1[N+](=O)[O-]. The summed E-state index contributed by atoms with van der Waals surface area (Å²) in [6, 6.07) is 4.57. The molecule has 104 valence electrons. The minimum atomic E-state index is -0.455. The average Bonchev–Trinajstić information content (AvgIpc) is 2.37. The van der Waals surface area contributed by atoms with Crippen LogP contribution in [0.1, 0.15) is 26.3 Å². The Kier molecular flexibility index (Phi) is 5.17. The number of rotatable bonds is 5. The summed E-state index contributed by atoms with van der Waals surface area (Å²) in [5.74, 6) is 0.268. The fourth-order valence-corrected chi connectivity index (χ4v) is 2.39. The van der Waals surface area contributed by atoms with E-state index in [9.17, 15) is 10.1 Å². The second kappa shape index (κ2) is 6.42. The van der Waals surface area contributed by atoms with E-state index in [2.05, 4.69) is 19.0 Å². The molecular weight excluding hydrogens is 266 g/mol. The molecule has 7 heteroatoms. The Bertz CT molecular complexity index is 503. The lowest BCUT2D eigenvalue weighted by Gasteiger charge is -2.15. The van der Waals surface area contributed by atoms with Crippen LogP contribution in [0.2, 0.25) is 0 Å². The maximum Gasteiger partial charge on any atom is 0.283 e. The van der Waals surface area contributed by atoms with E-state index in [1.807, 2.05) is 6.92 Å². The second-order valence-corrected chi connectivity index (χ2v) is 5.91. The van der Waals surface area contributed by atoms with Crippen molar-refractivity contribution >= 4 is 23.3 Å². The van der Waals surface area contributed by atoms with Gasteiger partial charge in [-0.05, 0) is 18.1 Å². The Hall–Kier alpha value is -1.76. The summed E-state index contributed by atoms with van der Waals surface area (Å²) < 4.78 is 0. The van der Waals surface area contributed by atoms with Gasteiger partial charge in [0.1, 0.15) is 0 Å². The number of nitro benzene ring substituents is 1. The van der Waals surface area contributed by atoms with Gasteiger partial charge in [-0.2, -0.15) is 0 Å². The predicted octanol–water partition coefficient (Wildman–Crippen LogP) is 2.83. The number of nitrogens with two attached hydrogens (primary N) is 1. The molecule has 1 unspecified atom stereocenters. The zero-order chi connectivity index (χ0) is 14.6. The molecule has 0 aliphatic carbocycles. The molecule has 0 saturated carbocycles. The highest BCUT2D eigenvalue weighted by Gasteiger charge is 2.19. The van der Waals surface area contributed by atoms with Crippen molar-refractivity contribution in [3.05, 3.63) is 33.9 Å². The Morgan fingerprint density at radius 2 is 2.11 bits per heavy atom. The van der Waals surface area contributed by atoms with Crippen LogP contribution in [0.25, 0.3) is 0 Å². The van der Waals surface area contributed by atoms with Crippen molar-refractivity contribution in [2.75, 3.05) is 0 Å². The van der Waals surface area contributed by atoms with Gasteiger partial charge in [-0.1, -0.05) is 25.9 Å². The lowest BCUT2D eigenvalue weighted by atomic mass is 10.1. The van der Waals surface area contributed by atoms with Gasteiger partial charge in [0, 0.05) is 16.9 Å². The van der Waals surface area contributed by atoms with E-state index >= 15 is 0 Å². The minimum Gasteiger partial charge on any atom is -0.409 e. The van der Waals surface area contributed by atoms with Crippen molar-refractivity contribution in [2.24, 2.45) is 16.8 Å². The molecule has 1 aromatic carbocycles. The molecule has 19 heavy (non-hydrogen) atoms. The predicted molar refractivity (Wildman–Crippen MR) is 75.8 cm³/mol. The first kappa shape index (κ1) is 15.3. The van der Waals surface area contributed by atoms with Crippen LogP contribution < -0.4 is 5.73 Å². The fraction of sp³-hybridized carbons (Fsp3) is 0.417. The molecule has 0 aliphatic rings. The Balaban J connectivity index is 3.16. The van der Waals surface area contributed by atoms with Gasteiger partial charge >= 0.3 is 0 Å². The van der Waals surface area contributed by atoms with Crippen LogP contribution in [0.15, 0.2) is 28.3 Å². The van der Waals surface area contributed by atoms with Crippen molar-refractivity contribution in [3.8, 4) is 0 Å². The highest BCUT2D eigenvalue weighted by Crippen LogP contribution is 2.35. The lowest BCUT2D eigenvalue weighted by molar-refractivity contribution is -0.387. The van der Waals surface area contributed by atoms with Gasteiger partial charge in [-0.3, -0.25) is 10.1 Å². The van der Waals surface area contributed by atoms with Gasteiger partial charge in [0.15, 0.2) is 5.84 Å². The summed E-state index contributed by atoms with van der Waals surface area (Å²) in [6.07, 6.45) is 0. The van der Waals surface area contributed by atoms with E-state index in [0.29, 0.717) is 16.4 Å². The molecule has 1 atom stereocenters. The van der Waals surface area contributed by atoms with Gasteiger partial charge in [0.05, 0.1) is 9.82 Å².